The summed E-state index contributed by atoms with van der Waals surface area (Å²) in [6.07, 6.45) is 1.08. The lowest BCUT2D eigenvalue weighted by atomic mass is 10.2. The van der Waals surface area contributed by atoms with Crippen LogP contribution in [-0.4, -0.2) is 13.4 Å². The van der Waals surface area contributed by atoms with Gasteiger partial charge in [0.25, 0.3) is 0 Å². The topological polar surface area (TPSA) is 27.7 Å². The normalized spacial score (nSPS) is 12.2. The highest BCUT2D eigenvalue weighted by Crippen LogP contribution is 2.30. The van der Waals surface area contributed by atoms with Gasteiger partial charge in [-0.3, -0.25) is 0 Å². The second kappa shape index (κ2) is 10.6. The Balaban J connectivity index is 0.000000180. The first kappa shape index (κ1) is 17.9. The molecule has 3 nitrogen and oxygen atoms in total. The summed E-state index contributed by atoms with van der Waals surface area (Å²) in [6.45, 7) is 9.22. The molecule has 0 saturated heterocycles. The van der Waals surface area contributed by atoms with Crippen molar-refractivity contribution in [3.63, 3.8) is 0 Å². The Hall–Kier alpha value is -2.16. The van der Waals surface area contributed by atoms with E-state index in [1.165, 1.54) is 5.56 Å². The lowest BCUT2D eigenvalue weighted by Gasteiger charge is -1.93. The van der Waals surface area contributed by atoms with Crippen molar-refractivity contribution < 1.29 is 14.2 Å². The zero-order valence-corrected chi connectivity index (χ0v) is 14.0. The van der Waals surface area contributed by atoms with Crippen molar-refractivity contribution in [1.82, 2.24) is 0 Å². The molecule has 2 aliphatic heterocycles. The second-order valence-corrected chi connectivity index (χ2v) is 4.06. The van der Waals surface area contributed by atoms with Gasteiger partial charge in [0.05, 0.1) is 6.61 Å². The maximum atomic E-state index is 5.30. The van der Waals surface area contributed by atoms with Crippen molar-refractivity contribution in [1.29, 1.82) is 0 Å². The van der Waals surface area contributed by atoms with E-state index in [0.717, 1.165) is 30.3 Å². The average Bonchev–Trinajstić information content (AvgIpc) is 3.28. The first-order valence-corrected chi connectivity index (χ1v) is 7.99. The molecule has 0 fully saturated rings. The highest BCUT2D eigenvalue weighted by Gasteiger charge is 2.09. The summed E-state index contributed by atoms with van der Waals surface area (Å²) >= 11 is 0. The molecule has 120 valence electrons. The van der Waals surface area contributed by atoms with E-state index in [0.29, 0.717) is 6.79 Å². The third kappa shape index (κ3) is 4.99. The predicted octanol–water partition coefficient (Wildman–Crippen LogP) is 5.09. The Morgan fingerprint density at radius 1 is 0.636 bits per heavy atom. The van der Waals surface area contributed by atoms with Crippen LogP contribution in [0.2, 0.25) is 0 Å². The number of ether oxygens (including phenoxy) is 3. The number of para-hydroxylation sites is 3. The molecule has 4 rings (SSSR count). The first-order valence-electron chi connectivity index (χ1n) is 7.99. The minimum atomic E-state index is 0.360. The summed E-state index contributed by atoms with van der Waals surface area (Å²) in [4.78, 5) is 0. The van der Waals surface area contributed by atoms with Crippen LogP contribution in [0.25, 0.3) is 0 Å². The molecule has 0 radical (unpaired) electrons. The van der Waals surface area contributed by atoms with Crippen LogP contribution >= 0.6 is 0 Å². The molecule has 0 amide bonds. The lowest BCUT2D eigenvalue weighted by molar-refractivity contribution is 0.174. The van der Waals surface area contributed by atoms with Gasteiger partial charge in [0.2, 0.25) is 6.79 Å². The van der Waals surface area contributed by atoms with Gasteiger partial charge in [-0.2, -0.15) is 0 Å². The summed E-state index contributed by atoms with van der Waals surface area (Å²) in [5.74, 6) is 2.76. The van der Waals surface area contributed by atoms with Gasteiger partial charge in [-0.05, 0) is 23.8 Å². The summed E-state index contributed by atoms with van der Waals surface area (Å²) in [7, 11) is 0. The van der Waals surface area contributed by atoms with E-state index < -0.39 is 0 Å². The lowest BCUT2D eigenvalue weighted by Crippen LogP contribution is -1.92. The van der Waals surface area contributed by atoms with Crippen molar-refractivity contribution in [3.05, 3.63) is 54.1 Å². The summed E-state index contributed by atoms with van der Waals surface area (Å²) in [5, 5.41) is 0. The van der Waals surface area contributed by atoms with Crippen LogP contribution in [0.3, 0.4) is 0 Å². The van der Waals surface area contributed by atoms with Crippen LogP contribution in [-0.2, 0) is 6.42 Å². The smallest absolute Gasteiger partial charge is 0.231 e. The molecule has 0 aliphatic carbocycles. The number of hydrogen-bond donors (Lipinski definition) is 0. The molecule has 0 aromatic heterocycles. The van der Waals surface area contributed by atoms with Gasteiger partial charge < -0.3 is 14.2 Å². The van der Waals surface area contributed by atoms with Gasteiger partial charge >= 0.3 is 0 Å². The molecule has 0 N–H and O–H groups in total. The van der Waals surface area contributed by atoms with Crippen LogP contribution in [0.1, 0.15) is 33.3 Å². The van der Waals surface area contributed by atoms with E-state index in [-0.39, 0.29) is 0 Å². The maximum Gasteiger partial charge on any atom is 0.231 e. The molecule has 0 atom stereocenters. The molecule has 3 heteroatoms. The Kier molecular flexibility index (Phi) is 8.58. The minimum Gasteiger partial charge on any atom is -0.493 e. The standard InChI is InChI=1S/C8H8O.C7H6O2.2C2H6/c1-2-4-8-7(3-1)5-6-9-8;1-2-4-7-6(3-1)8-5-9-7;2*1-2/h1-4H,5-6H2;1-4H,5H2;2*1-2H3. The fourth-order valence-corrected chi connectivity index (χ4v) is 1.97. The van der Waals surface area contributed by atoms with Crippen molar-refractivity contribution in [3.8, 4) is 17.2 Å². The van der Waals surface area contributed by atoms with Crippen molar-refractivity contribution in [2.45, 2.75) is 34.1 Å². The van der Waals surface area contributed by atoms with Gasteiger partial charge in [0.1, 0.15) is 5.75 Å². The van der Waals surface area contributed by atoms with Gasteiger partial charge in [0, 0.05) is 6.42 Å². The SMILES string of the molecule is CC.CC.c1ccc2c(c1)CCO2.c1ccc2c(c1)OCO2. The van der Waals surface area contributed by atoms with E-state index in [1.54, 1.807) is 0 Å². The van der Waals surface area contributed by atoms with Crippen LogP contribution in [0.4, 0.5) is 0 Å². The quantitative estimate of drug-likeness (QED) is 0.678. The molecule has 0 bridgehead atoms. The Bertz CT molecular complexity index is 442. The average molecular weight is 302 g/mol. The fourth-order valence-electron chi connectivity index (χ4n) is 1.97. The van der Waals surface area contributed by atoms with Gasteiger partial charge in [-0.1, -0.05) is 58.0 Å². The van der Waals surface area contributed by atoms with E-state index in [4.69, 9.17) is 14.2 Å². The molecule has 2 aromatic carbocycles. The van der Waals surface area contributed by atoms with E-state index >= 15 is 0 Å². The van der Waals surface area contributed by atoms with E-state index in [9.17, 15) is 0 Å². The molecule has 2 aromatic rings. The largest absolute Gasteiger partial charge is 0.493 e. The van der Waals surface area contributed by atoms with Crippen molar-refractivity contribution >= 4 is 0 Å². The van der Waals surface area contributed by atoms with Crippen LogP contribution in [0.15, 0.2) is 48.5 Å². The third-order valence-corrected chi connectivity index (χ3v) is 2.88. The number of fused-ring (bicyclic) bond motifs is 2. The highest BCUT2D eigenvalue weighted by atomic mass is 16.7. The van der Waals surface area contributed by atoms with Gasteiger partial charge in [-0.25, -0.2) is 0 Å². The van der Waals surface area contributed by atoms with Crippen molar-refractivity contribution in [2.75, 3.05) is 13.4 Å². The second-order valence-electron chi connectivity index (χ2n) is 4.06. The molecule has 0 unspecified atom stereocenters. The van der Waals surface area contributed by atoms with Crippen molar-refractivity contribution in [2.24, 2.45) is 0 Å². The minimum absolute atomic E-state index is 0.360. The molecule has 2 aliphatic rings. The fraction of sp³-hybridized carbons (Fsp3) is 0.368. The van der Waals surface area contributed by atoms with Gasteiger partial charge in [0.15, 0.2) is 11.5 Å². The van der Waals surface area contributed by atoms with Crippen LogP contribution < -0.4 is 14.2 Å². The molecular formula is C19H26O3. The monoisotopic (exact) mass is 302 g/mol. The summed E-state index contributed by atoms with van der Waals surface area (Å²) in [5.41, 5.74) is 1.34. The summed E-state index contributed by atoms with van der Waals surface area (Å²) in [6, 6.07) is 15.8. The Labute approximate surface area is 133 Å². The highest BCUT2D eigenvalue weighted by molar-refractivity contribution is 5.40. The van der Waals surface area contributed by atoms with E-state index in [2.05, 4.69) is 6.07 Å². The third-order valence-electron chi connectivity index (χ3n) is 2.88. The van der Waals surface area contributed by atoms with Crippen LogP contribution in [0.5, 0.6) is 17.2 Å². The van der Waals surface area contributed by atoms with E-state index in [1.807, 2.05) is 70.2 Å². The maximum absolute atomic E-state index is 5.30. The first-order chi connectivity index (χ1) is 10.9. The zero-order valence-electron chi connectivity index (χ0n) is 14.0. The molecule has 2 heterocycles. The molecule has 0 saturated carbocycles. The molecular weight excluding hydrogens is 276 g/mol. The Morgan fingerprint density at radius 2 is 1.14 bits per heavy atom. The molecule has 0 spiro atoms. The predicted molar refractivity (Wildman–Crippen MR) is 90.9 cm³/mol. The number of rotatable bonds is 0. The van der Waals surface area contributed by atoms with Gasteiger partial charge in [-0.15, -0.1) is 0 Å². The Morgan fingerprint density at radius 3 is 1.68 bits per heavy atom. The molecule has 22 heavy (non-hydrogen) atoms. The summed E-state index contributed by atoms with van der Waals surface area (Å²) < 4.78 is 15.5. The van der Waals surface area contributed by atoms with Crippen LogP contribution in [0, 0.1) is 0 Å². The number of benzene rings is 2. The number of hydrogen-bond acceptors (Lipinski definition) is 3. The zero-order chi connectivity index (χ0) is 16.2.